The molecule has 21 heavy (non-hydrogen) atoms. The maximum absolute atomic E-state index is 11.6. The standard InChI is InChI=1S/C14H15BrN2O3S/c1-10-7-13(17-20-10)16-14(18)9-21-6-5-19-12-4-2-3-11(15)8-12/h2-4,7-8H,5-6,9H2,1H3,(H,16,17,18). The molecule has 1 N–H and O–H groups in total. The molecule has 0 saturated heterocycles. The molecule has 7 heteroatoms. The molecule has 0 spiro atoms. The maximum atomic E-state index is 11.6. The monoisotopic (exact) mass is 370 g/mol. The van der Waals surface area contributed by atoms with Gasteiger partial charge < -0.3 is 14.6 Å². The summed E-state index contributed by atoms with van der Waals surface area (Å²) in [5.41, 5.74) is 0. The summed E-state index contributed by atoms with van der Waals surface area (Å²) < 4.78 is 11.4. The topological polar surface area (TPSA) is 64.4 Å². The van der Waals surface area contributed by atoms with Crippen molar-refractivity contribution in [3.05, 3.63) is 40.6 Å². The van der Waals surface area contributed by atoms with E-state index >= 15 is 0 Å². The summed E-state index contributed by atoms with van der Waals surface area (Å²) in [6, 6.07) is 9.34. The van der Waals surface area contributed by atoms with E-state index in [1.54, 1.807) is 13.0 Å². The molecule has 0 aliphatic rings. The number of hydrogen-bond donors (Lipinski definition) is 1. The third-order valence-electron chi connectivity index (χ3n) is 2.42. The van der Waals surface area contributed by atoms with Crippen molar-refractivity contribution < 1.29 is 14.1 Å². The van der Waals surface area contributed by atoms with Crippen molar-refractivity contribution in [1.29, 1.82) is 0 Å². The van der Waals surface area contributed by atoms with Gasteiger partial charge in [-0.1, -0.05) is 27.2 Å². The lowest BCUT2D eigenvalue weighted by molar-refractivity contribution is -0.113. The highest BCUT2D eigenvalue weighted by atomic mass is 79.9. The number of halogens is 1. The van der Waals surface area contributed by atoms with Gasteiger partial charge in [0.25, 0.3) is 0 Å². The maximum Gasteiger partial charge on any atom is 0.235 e. The van der Waals surface area contributed by atoms with Gasteiger partial charge in [0, 0.05) is 16.3 Å². The molecule has 2 aromatic rings. The third kappa shape index (κ3) is 5.81. The number of rotatable bonds is 7. The van der Waals surface area contributed by atoms with Crippen molar-refractivity contribution in [2.24, 2.45) is 0 Å². The number of carbonyl (C=O) groups is 1. The Morgan fingerprint density at radius 3 is 3.05 bits per heavy atom. The number of thioether (sulfide) groups is 1. The smallest absolute Gasteiger partial charge is 0.235 e. The van der Waals surface area contributed by atoms with E-state index in [4.69, 9.17) is 9.26 Å². The number of amides is 1. The Balaban J connectivity index is 1.60. The van der Waals surface area contributed by atoms with E-state index in [9.17, 15) is 4.79 Å². The summed E-state index contributed by atoms with van der Waals surface area (Å²) in [4.78, 5) is 11.6. The van der Waals surface area contributed by atoms with E-state index in [2.05, 4.69) is 26.4 Å². The average Bonchev–Trinajstić information content (AvgIpc) is 2.84. The first-order valence-electron chi connectivity index (χ1n) is 6.33. The lowest BCUT2D eigenvalue weighted by atomic mass is 10.3. The number of anilines is 1. The SMILES string of the molecule is Cc1cc(NC(=O)CSCCOc2cccc(Br)c2)no1. The van der Waals surface area contributed by atoms with Crippen LogP contribution in [0.25, 0.3) is 0 Å². The molecule has 0 atom stereocenters. The average molecular weight is 371 g/mol. The number of carbonyl (C=O) groups excluding carboxylic acids is 1. The second kappa shape index (κ2) is 8.09. The molecule has 1 heterocycles. The molecule has 5 nitrogen and oxygen atoms in total. The summed E-state index contributed by atoms with van der Waals surface area (Å²) in [7, 11) is 0. The van der Waals surface area contributed by atoms with Crippen LogP contribution in [0.3, 0.4) is 0 Å². The van der Waals surface area contributed by atoms with E-state index in [-0.39, 0.29) is 5.91 Å². The van der Waals surface area contributed by atoms with Crippen molar-refractivity contribution in [2.45, 2.75) is 6.92 Å². The second-order valence-electron chi connectivity index (χ2n) is 4.23. The van der Waals surface area contributed by atoms with E-state index in [1.807, 2.05) is 24.3 Å². The molecule has 1 amide bonds. The third-order valence-corrected chi connectivity index (χ3v) is 3.84. The minimum Gasteiger partial charge on any atom is -0.493 e. The highest BCUT2D eigenvalue weighted by Crippen LogP contribution is 2.18. The van der Waals surface area contributed by atoms with Gasteiger partial charge in [-0.2, -0.15) is 0 Å². The van der Waals surface area contributed by atoms with Crippen molar-refractivity contribution in [3.63, 3.8) is 0 Å². The van der Waals surface area contributed by atoms with Gasteiger partial charge in [0.15, 0.2) is 5.82 Å². The molecular weight excluding hydrogens is 356 g/mol. The molecule has 2 rings (SSSR count). The van der Waals surface area contributed by atoms with Gasteiger partial charge in [0.2, 0.25) is 5.91 Å². The highest BCUT2D eigenvalue weighted by molar-refractivity contribution is 9.10. The fourth-order valence-corrected chi connectivity index (χ4v) is 2.53. The molecule has 0 aliphatic heterocycles. The molecule has 1 aromatic heterocycles. The van der Waals surface area contributed by atoms with E-state index in [0.29, 0.717) is 23.9 Å². The Morgan fingerprint density at radius 2 is 2.33 bits per heavy atom. The number of benzene rings is 1. The molecule has 112 valence electrons. The highest BCUT2D eigenvalue weighted by Gasteiger charge is 2.06. The second-order valence-corrected chi connectivity index (χ2v) is 6.25. The zero-order valence-electron chi connectivity index (χ0n) is 11.5. The van der Waals surface area contributed by atoms with Crippen LogP contribution in [0.15, 0.2) is 39.3 Å². The van der Waals surface area contributed by atoms with Crippen LogP contribution in [0.2, 0.25) is 0 Å². The number of hydrogen-bond acceptors (Lipinski definition) is 5. The largest absolute Gasteiger partial charge is 0.493 e. The molecule has 0 aliphatic carbocycles. The number of ether oxygens (including phenoxy) is 1. The summed E-state index contributed by atoms with van der Waals surface area (Å²) in [5, 5.41) is 6.37. The first kappa shape index (κ1) is 15.9. The van der Waals surface area contributed by atoms with Gasteiger partial charge in [-0.25, -0.2) is 0 Å². The molecule has 0 unspecified atom stereocenters. The predicted octanol–water partition coefficient (Wildman–Crippen LogP) is 3.50. The van der Waals surface area contributed by atoms with Crippen molar-refractivity contribution in [2.75, 3.05) is 23.4 Å². The predicted molar refractivity (Wildman–Crippen MR) is 86.8 cm³/mol. The Bertz CT molecular complexity index is 603. The molecule has 0 saturated carbocycles. The normalized spacial score (nSPS) is 10.4. The van der Waals surface area contributed by atoms with Gasteiger partial charge in [0.1, 0.15) is 11.5 Å². The van der Waals surface area contributed by atoms with Crippen LogP contribution >= 0.6 is 27.7 Å². The lowest BCUT2D eigenvalue weighted by Gasteiger charge is -2.06. The van der Waals surface area contributed by atoms with Crippen LogP contribution in [0.5, 0.6) is 5.75 Å². The van der Waals surface area contributed by atoms with E-state index < -0.39 is 0 Å². The van der Waals surface area contributed by atoms with Gasteiger partial charge in [-0.15, -0.1) is 11.8 Å². The van der Waals surface area contributed by atoms with Gasteiger partial charge in [-0.05, 0) is 25.1 Å². The molecule has 0 fully saturated rings. The van der Waals surface area contributed by atoms with Gasteiger partial charge in [-0.3, -0.25) is 4.79 Å². The molecular formula is C14H15BrN2O3S. The zero-order valence-corrected chi connectivity index (χ0v) is 13.9. The minimum absolute atomic E-state index is 0.101. The Kier molecular flexibility index (Phi) is 6.13. The van der Waals surface area contributed by atoms with E-state index in [1.165, 1.54) is 11.8 Å². The van der Waals surface area contributed by atoms with Crippen LogP contribution in [-0.4, -0.2) is 29.2 Å². The minimum atomic E-state index is -0.101. The molecule has 1 aromatic carbocycles. The Morgan fingerprint density at radius 1 is 1.48 bits per heavy atom. The van der Waals surface area contributed by atoms with Gasteiger partial charge >= 0.3 is 0 Å². The lowest BCUT2D eigenvalue weighted by Crippen LogP contribution is -2.15. The van der Waals surface area contributed by atoms with Crippen LogP contribution in [0, 0.1) is 6.92 Å². The van der Waals surface area contributed by atoms with Crippen molar-refractivity contribution >= 4 is 39.4 Å². The van der Waals surface area contributed by atoms with Crippen LogP contribution in [0.4, 0.5) is 5.82 Å². The fourth-order valence-electron chi connectivity index (χ4n) is 1.54. The number of nitrogens with one attached hydrogen (secondary N) is 1. The first-order valence-corrected chi connectivity index (χ1v) is 8.27. The Hall–Kier alpha value is -1.47. The van der Waals surface area contributed by atoms with Crippen molar-refractivity contribution in [1.82, 2.24) is 5.16 Å². The molecule has 0 bridgehead atoms. The van der Waals surface area contributed by atoms with Gasteiger partial charge in [0.05, 0.1) is 12.4 Å². The first-order chi connectivity index (χ1) is 10.1. The van der Waals surface area contributed by atoms with E-state index in [0.717, 1.165) is 16.0 Å². The zero-order chi connectivity index (χ0) is 15.1. The summed E-state index contributed by atoms with van der Waals surface area (Å²) >= 11 is 4.89. The van der Waals surface area contributed by atoms with Crippen LogP contribution in [-0.2, 0) is 4.79 Å². The number of aromatic nitrogens is 1. The summed E-state index contributed by atoms with van der Waals surface area (Å²) in [5.74, 6) is 2.91. The quantitative estimate of drug-likeness (QED) is 0.755. The van der Waals surface area contributed by atoms with Crippen molar-refractivity contribution in [3.8, 4) is 5.75 Å². The number of aryl methyl sites for hydroxylation is 1. The number of nitrogens with zero attached hydrogens (tertiary/aromatic N) is 1. The Labute approximate surface area is 135 Å². The fraction of sp³-hybridized carbons (Fsp3) is 0.286. The van der Waals surface area contributed by atoms with Crippen LogP contribution in [0.1, 0.15) is 5.76 Å². The summed E-state index contributed by atoms with van der Waals surface area (Å²) in [6.45, 7) is 2.33. The van der Waals surface area contributed by atoms with Crippen LogP contribution < -0.4 is 10.1 Å². The summed E-state index contributed by atoms with van der Waals surface area (Å²) in [6.07, 6.45) is 0. The molecule has 0 radical (unpaired) electrons.